The largest absolute Gasteiger partial charge is 0.480 e. The number of carboxylic acids is 1. The van der Waals surface area contributed by atoms with Crippen LogP contribution in [0.25, 0.3) is 0 Å². The van der Waals surface area contributed by atoms with Crippen LogP contribution in [0, 0.1) is 11.6 Å². The van der Waals surface area contributed by atoms with Crippen LogP contribution in [0.2, 0.25) is 0 Å². The van der Waals surface area contributed by atoms with Crippen molar-refractivity contribution in [2.45, 2.75) is 6.54 Å². The van der Waals surface area contributed by atoms with E-state index in [4.69, 9.17) is 10.8 Å². The van der Waals surface area contributed by atoms with Gasteiger partial charge in [0.2, 0.25) is 5.91 Å². The number of carbonyl (C=O) groups excluding carboxylic acids is 1. The van der Waals surface area contributed by atoms with Gasteiger partial charge in [0.05, 0.1) is 13.1 Å². The Labute approximate surface area is 102 Å². The molecule has 7 heteroatoms. The van der Waals surface area contributed by atoms with E-state index < -0.39 is 30.1 Å². The van der Waals surface area contributed by atoms with Crippen LogP contribution in [0.4, 0.5) is 8.78 Å². The molecule has 1 amide bonds. The quantitative estimate of drug-likeness (QED) is 0.770. The number of benzene rings is 1. The summed E-state index contributed by atoms with van der Waals surface area (Å²) in [4.78, 5) is 22.5. The van der Waals surface area contributed by atoms with Crippen molar-refractivity contribution in [1.29, 1.82) is 0 Å². The number of hydrogen-bond donors (Lipinski definition) is 2. The van der Waals surface area contributed by atoms with Crippen LogP contribution < -0.4 is 5.73 Å². The van der Waals surface area contributed by atoms with Crippen LogP contribution in [0.3, 0.4) is 0 Å². The molecular weight excluding hydrogens is 246 g/mol. The molecule has 18 heavy (non-hydrogen) atoms. The number of hydrogen-bond acceptors (Lipinski definition) is 3. The summed E-state index contributed by atoms with van der Waals surface area (Å²) in [6.45, 7) is -0.912. The van der Waals surface area contributed by atoms with Gasteiger partial charge in [-0.3, -0.25) is 14.5 Å². The molecule has 0 atom stereocenters. The number of rotatable bonds is 6. The number of aliphatic carboxylic acids is 1. The zero-order valence-corrected chi connectivity index (χ0v) is 9.40. The number of nitrogens with zero attached hydrogens (tertiary/aromatic N) is 1. The zero-order valence-electron chi connectivity index (χ0n) is 9.40. The maximum Gasteiger partial charge on any atom is 0.317 e. The van der Waals surface area contributed by atoms with E-state index in [1.165, 1.54) is 6.07 Å². The first-order valence-electron chi connectivity index (χ1n) is 5.05. The van der Waals surface area contributed by atoms with E-state index in [1.54, 1.807) is 0 Å². The van der Waals surface area contributed by atoms with Gasteiger partial charge in [-0.1, -0.05) is 6.07 Å². The van der Waals surface area contributed by atoms with Crippen molar-refractivity contribution in [3.8, 4) is 0 Å². The third kappa shape index (κ3) is 4.46. The van der Waals surface area contributed by atoms with Crippen molar-refractivity contribution in [2.24, 2.45) is 5.73 Å². The molecule has 3 N–H and O–H groups in total. The van der Waals surface area contributed by atoms with Crippen LogP contribution in [0.5, 0.6) is 0 Å². The van der Waals surface area contributed by atoms with Gasteiger partial charge in [-0.05, 0) is 6.07 Å². The van der Waals surface area contributed by atoms with E-state index in [0.717, 1.165) is 11.0 Å². The Bertz CT molecular complexity index is 450. The summed E-state index contributed by atoms with van der Waals surface area (Å²) >= 11 is 0. The summed E-state index contributed by atoms with van der Waals surface area (Å²) in [6.07, 6.45) is 0. The summed E-state index contributed by atoms with van der Waals surface area (Å²) in [5.74, 6) is -3.41. The number of carbonyl (C=O) groups is 2. The lowest BCUT2D eigenvalue weighted by atomic mass is 10.2. The number of nitrogens with two attached hydrogens (primary N) is 1. The summed E-state index contributed by atoms with van der Waals surface area (Å²) in [6, 6.07) is 2.95. The first kappa shape index (κ1) is 14.0. The van der Waals surface area contributed by atoms with Gasteiger partial charge < -0.3 is 10.8 Å². The molecule has 1 aromatic rings. The molecule has 0 aromatic heterocycles. The number of primary amides is 1. The molecule has 0 heterocycles. The second kappa shape index (κ2) is 6.06. The van der Waals surface area contributed by atoms with Crippen LogP contribution in [0.15, 0.2) is 18.2 Å². The summed E-state index contributed by atoms with van der Waals surface area (Å²) in [7, 11) is 0. The Balaban J connectivity index is 2.81. The van der Waals surface area contributed by atoms with Gasteiger partial charge in [-0.15, -0.1) is 0 Å². The van der Waals surface area contributed by atoms with Gasteiger partial charge in [-0.2, -0.15) is 0 Å². The van der Waals surface area contributed by atoms with Crippen LogP contribution in [-0.4, -0.2) is 35.0 Å². The second-order valence-corrected chi connectivity index (χ2v) is 3.74. The fourth-order valence-electron chi connectivity index (χ4n) is 1.47. The fraction of sp³-hybridized carbons (Fsp3) is 0.273. The Kier molecular flexibility index (Phi) is 4.73. The molecule has 0 radical (unpaired) electrons. The average Bonchev–Trinajstić information content (AvgIpc) is 2.20. The predicted octanol–water partition coefficient (Wildman–Crippen LogP) is 0.337. The van der Waals surface area contributed by atoms with Crippen molar-refractivity contribution in [3.05, 3.63) is 35.4 Å². The standard InChI is InChI=1S/C11H12F2N2O3/c12-8-2-1-7(9(13)3-8)4-15(5-10(14)16)6-11(17)18/h1-3H,4-6H2,(H2,14,16)(H,17,18). The van der Waals surface area contributed by atoms with E-state index >= 15 is 0 Å². The van der Waals surface area contributed by atoms with E-state index in [1.807, 2.05) is 0 Å². The minimum atomic E-state index is -1.17. The van der Waals surface area contributed by atoms with Gasteiger partial charge in [0.25, 0.3) is 0 Å². The monoisotopic (exact) mass is 258 g/mol. The fourth-order valence-corrected chi connectivity index (χ4v) is 1.47. The third-order valence-corrected chi connectivity index (χ3v) is 2.15. The normalized spacial score (nSPS) is 10.6. The molecule has 0 bridgehead atoms. The molecule has 98 valence electrons. The molecule has 0 unspecified atom stereocenters. The Morgan fingerprint density at radius 2 is 1.94 bits per heavy atom. The molecule has 0 spiro atoms. The smallest absolute Gasteiger partial charge is 0.317 e. The molecule has 5 nitrogen and oxygen atoms in total. The molecule has 1 rings (SSSR count). The number of amides is 1. The molecule has 0 aliphatic carbocycles. The van der Waals surface area contributed by atoms with Crippen molar-refractivity contribution in [1.82, 2.24) is 4.90 Å². The molecule has 1 aromatic carbocycles. The molecule has 0 fully saturated rings. The van der Waals surface area contributed by atoms with Crippen LogP contribution in [-0.2, 0) is 16.1 Å². The lowest BCUT2D eigenvalue weighted by Gasteiger charge is -2.18. The Morgan fingerprint density at radius 1 is 1.28 bits per heavy atom. The number of halogens is 2. The number of carboxylic acid groups (broad SMARTS) is 1. The highest BCUT2D eigenvalue weighted by Gasteiger charge is 2.15. The molecular formula is C11H12F2N2O3. The van der Waals surface area contributed by atoms with Crippen molar-refractivity contribution in [3.63, 3.8) is 0 Å². The summed E-state index contributed by atoms with van der Waals surface area (Å²) < 4.78 is 26.0. The second-order valence-electron chi connectivity index (χ2n) is 3.74. The van der Waals surface area contributed by atoms with Gasteiger partial charge in [0.15, 0.2) is 0 Å². The van der Waals surface area contributed by atoms with E-state index in [2.05, 4.69) is 0 Å². The molecule has 0 saturated heterocycles. The van der Waals surface area contributed by atoms with E-state index in [-0.39, 0.29) is 18.7 Å². The van der Waals surface area contributed by atoms with Gasteiger partial charge in [0, 0.05) is 18.2 Å². The summed E-state index contributed by atoms with van der Waals surface area (Å²) in [5, 5.41) is 8.64. The maximum atomic E-state index is 13.4. The average molecular weight is 258 g/mol. The lowest BCUT2D eigenvalue weighted by Crippen LogP contribution is -2.37. The van der Waals surface area contributed by atoms with Gasteiger partial charge in [0.1, 0.15) is 11.6 Å². The summed E-state index contributed by atoms with van der Waals surface area (Å²) in [5.41, 5.74) is 5.05. The first-order valence-corrected chi connectivity index (χ1v) is 5.05. The van der Waals surface area contributed by atoms with Crippen molar-refractivity contribution in [2.75, 3.05) is 13.1 Å². The minimum absolute atomic E-state index is 0.0962. The predicted molar refractivity (Wildman–Crippen MR) is 58.5 cm³/mol. The van der Waals surface area contributed by atoms with Crippen LogP contribution >= 0.6 is 0 Å². The SMILES string of the molecule is NC(=O)CN(CC(=O)O)Cc1ccc(F)cc1F. The van der Waals surface area contributed by atoms with E-state index in [0.29, 0.717) is 6.07 Å². The highest BCUT2D eigenvalue weighted by molar-refractivity contribution is 5.77. The van der Waals surface area contributed by atoms with Gasteiger partial charge in [-0.25, -0.2) is 8.78 Å². The highest BCUT2D eigenvalue weighted by Crippen LogP contribution is 2.12. The molecule has 0 saturated carbocycles. The molecule has 0 aliphatic heterocycles. The minimum Gasteiger partial charge on any atom is -0.480 e. The maximum absolute atomic E-state index is 13.4. The lowest BCUT2D eigenvalue weighted by molar-refractivity contribution is -0.138. The topological polar surface area (TPSA) is 83.6 Å². The third-order valence-electron chi connectivity index (χ3n) is 2.15. The zero-order chi connectivity index (χ0) is 13.7. The highest BCUT2D eigenvalue weighted by atomic mass is 19.1. The Hall–Kier alpha value is -2.02. The van der Waals surface area contributed by atoms with Crippen molar-refractivity contribution >= 4 is 11.9 Å². The van der Waals surface area contributed by atoms with Crippen LogP contribution in [0.1, 0.15) is 5.56 Å². The Morgan fingerprint density at radius 3 is 2.44 bits per heavy atom. The molecule has 0 aliphatic rings. The van der Waals surface area contributed by atoms with E-state index in [9.17, 15) is 18.4 Å². The van der Waals surface area contributed by atoms with Crippen molar-refractivity contribution < 1.29 is 23.5 Å². The first-order chi connectivity index (χ1) is 8.38. The van der Waals surface area contributed by atoms with Gasteiger partial charge >= 0.3 is 5.97 Å².